The van der Waals surface area contributed by atoms with E-state index >= 15 is 0 Å². The molecule has 6 nitrogen and oxygen atoms in total. The second-order valence-electron chi connectivity index (χ2n) is 10.2. The monoisotopic (exact) mass is 543 g/mol. The van der Waals surface area contributed by atoms with Crippen LogP contribution in [0.25, 0.3) is 0 Å². The molecule has 0 N–H and O–H groups in total. The van der Waals surface area contributed by atoms with Gasteiger partial charge in [0.2, 0.25) is 0 Å². The molecule has 0 aromatic heterocycles. The Kier molecular flexibility index (Phi) is 8.34. The van der Waals surface area contributed by atoms with Crippen molar-refractivity contribution in [3.63, 3.8) is 0 Å². The van der Waals surface area contributed by atoms with Crippen molar-refractivity contribution in [2.45, 2.75) is 38.5 Å². The van der Waals surface area contributed by atoms with Gasteiger partial charge in [-0.25, -0.2) is 4.39 Å². The summed E-state index contributed by atoms with van der Waals surface area (Å²) in [6.07, 6.45) is -4.48. The number of carbonyl (C=O) groups is 1. The van der Waals surface area contributed by atoms with Crippen LogP contribution in [0.3, 0.4) is 0 Å². The molecule has 0 aliphatic carbocycles. The van der Waals surface area contributed by atoms with Gasteiger partial charge in [0.05, 0.1) is 10.5 Å². The largest absolute Gasteiger partial charge is 0.416 e. The predicted molar refractivity (Wildman–Crippen MR) is 139 cm³/mol. The number of likely N-dealkylation sites (tertiary alicyclic amines) is 1. The first kappa shape index (κ1) is 28.2. The topological polar surface area (TPSA) is 66.7 Å². The van der Waals surface area contributed by atoms with Crippen molar-refractivity contribution in [1.29, 1.82) is 0 Å². The predicted octanol–water partition coefficient (Wildman–Crippen LogP) is 6.52. The number of benzene rings is 3. The van der Waals surface area contributed by atoms with Crippen LogP contribution in [0.1, 0.15) is 46.8 Å². The number of carbonyl (C=O) groups excluding carboxylic acids is 1. The summed E-state index contributed by atoms with van der Waals surface area (Å²) in [5.41, 5.74) is 0.968. The van der Waals surface area contributed by atoms with Crippen molar-refractivity contribution >= 4 is 11.6 Å². The molecule has 0 spiro atoms. The minimum atomic E-state index is -4.48. The summed E-state index contributed by atoms with van der Waals surface area (Å²) in [4.78, 5) is 27.6. The molecule has 1 saturated heterocycles. The molecule has 0 saturated carbocycles. The van der Waals surface area contributed by atoms with E-state index in [4.69, 9.17) is 0 Å². The normalized spacial score (nSPS) is 17.9. The van der Waals surface area contributed by atoms with Gasteiger partial charge in [-0.05, 0) is 61.2 Å². The summed E-state index contributed by atoms with van der Waals surface area (Å²) in [6, 6.07) is 16.6. The van der Waals surface area contributed by atoms with Crippen molar-refractivity contribution < 1.29 is 27.3 Å². The third-order valence-electron chi connectivity index (χ3n) is 7.12. The average molecular weight is 544 g/mol. The first-order valence-corrected chi connectivity index (χ1v) is 12.6. The first-order valence-electron chi connectivity index (χ1n) is 12.6. The SMILES string of the molecule is CC(C)N(C[C@H]1CN(Cc2ccc([N+](=O)[O-])cc2)C[C@@H]1c1cccc(C(F)(F)F)c1)C(=O)c1ccc(F)cc1. The van der Waals surface area contributed by atoms with Gasteiger partial charge in [-0.2, -0.15) is 13.2 Å². The minimum Gasteiger partial charge on any atom is -0.336 e. The average Bonchev–Trinajstić information content (AvgIpc) is 3.29. The molecule has 39 heavy (non-hydrogen) atoms. The van der Waals surface area contributed by atoms with Crippen LogP contribution in [-0.4, -0.2) is 46.3 Å². The van der Waals surface area contributed by atoms with Gasteiger partial charge in [0.15, 0.2) is 0 Å². The molecule has 1 heterocycles. The zero-order valence-electron chi connectivity index (χ0n) is 21.6. The lowest BCUT2D eigenvalue weighted by Crippen LogP contribution is -2.42. The van der Waals surface area contributed by atoms with Crippen LogP contribution in [0.5, 0.6) is 0 Å². The lowest BCUT2D eigenvalue weighted by atomic mass is 9.87. The third-order valence-corrected chi connectivity index (χ3v) is 7.12. The number of nitrogens with zero attached hydrogens (tertiary/aromatic N) is 3. The van der Waals surface area contributed by atoms with Crippen LogP contribution >= 0.6 is 0 Å². The van der Waals surface area contributed by atoms with E-state index in [-0.39, 0.29) is 29.5 Å². The van der Waals surface area contributed by atoms with Crippen molar-refractivity contribution in [2.24, 2.45) is 5.92 Å². The maximum atomic E-state index is 13.5. The van der Waals surface area contributed by atoms with Gasteiger partial charge in [-0.1, -0.05) is 30.3 Å². The summed E-state index contributed by atoms with van der Waals surface area (Å²) in [5, 5.41) is 11.0. The summed E-state index contributed by atoms with van der Waals surface area (Å²) >= 11 is 0. The van der Waals surface area contributed by atoms with Crippen LogP contribution in [-0.2, 0) is 12.7 Å². The fourth-order valence-corrected chi connectivity index (χ4v) is 5.12. The Morgan fingerprint density at radius 3 is 2.31 bits per heavy atom. The van der Waals surface area contributed by atoms with Gasteiger partial charge in [0, 0.05) is 55.8 Å². The molecule has 1 aliphatic heterocycles. The van der Waals surface area contributed by atoms with E-state index in [1.165, 1.54) is 48.5 Å². The van der Waals surface area contributed by atoms with E-state index in [2.05, 4.69) is 4.90 Å². The van der Waals surface area contributed by atoms with Crippen molar-refractivity contribution in [2.75, 3.05) is 19.6 Å². The van der Waals surface area contributed by atoms with Crippen LogP contribution in [0.15, 0.2) is 72.8 Å². The Balaban J connectivity index is 1.61. The van der Waals surface area contributed by atoms with Gasteiger partial charge < -0.3 is 4.90 Å². The van der Waals surface area contributed by atoms with Crippen LogP contribution in [0.4, 0.5) is 23.2 Å². The highest BCUT2D eigenvalue weighted by molar-refractivity contribution is 5.94. The fraction of sp³-hybridized carbons (Fsp3) is 0.345. The summed E-state index contributed by atoms with van der Waals surface area (Å²) in [6.45, 7) is 5.45. The van der Waals surface area contributed by atoms with E-state index < -0.39 is 22.5 Å². The van der Waals surface area contributed by atoms with Crippen molar-refractivity contribution in [3.8, 4) is 0 Å². The molecule has 1 amide bonds. The highest BCUT2D eigenvalue weighted by Crippen LogP contribution is 2.38. The quantitative estimate of drug-likeness (QED) is 0.184. The first-order chi connectivity index (χ1) is 18.4. The van der Waals surface area contributed by atoms with Crippen molar-refractivity contribution in [3.05, 3.63) is 111 Å². The number of nitro benzene ring substituents is 1. The van der Waals surface area contributed by atoms with Crippen LogP contribution < -0.4 is 0 Å². The van der Waals surface area contributed by atoms with E-state index in [9.17, 15) is 32.5 Å². The number of non-ortho nitro benzene ring substituents is 1. The zero-order chi connectivity index (χ0) is 28.3. The standard InChI is InChI=1S/C29H29F4N3O3/c1-19(2)35(28(37)21-8-10-25(30)11-9-21)17-23-16-34(15-20-6-12-26(13-7-20)36(38)39)18-27(23)22-4-3-5-24(14-22)29(31,32)33/h3-14,19,23,27H,15-18H2,1-2H3/t23-,27-/m1/s1. The van der Waals surface area contributed by atoms with Gasteiger partial charge in [-0.15, -0.1) is 0 Å². The molecule has 0 unspecified atom stereocenters. The Labute approximate surface area is 224 Å². The molecule has 3 aromatic carbocycles. The van der Waals surface area contributed by atoms with Crippen LogP contribution in [0.2, 0.25) is 0 Å². The highest BCUT2D eigenvalue weighted by atomic mass is 19.4. The zero-order valence-corrected chi connectivity index (χ0v) is 21.6. The maximum absolute atomic E-state index is 13.5. The van der Waals surface area contributed by atoms with Gasteiger partial charge in [0.1, 0.15) is 5.82 Å². The molecule has 1 fully saturated rings. The number of halogens is 4. The number of amides is 1. The molecule has 206 valence electrons. The number of rotatable bonds is 8. The minimum absolute atomic E-state index is 0.0215. The Morgan fingerprint density at radius 2 is 1.72 bits per heavy atom. The van der Waals surface area contributed by atoms with Crippen LogP contribution in [0, 0.1) is 21.8 Å². The molecule has 0 bridgehead atoms. The van der Waals surface area contributed by atoms with Gasteiger partial charge in [-0.3, -0.25) is 19.8 Å². The fourth-order valence-electron chi connectivity index (χ4n) is 5.12. The van der Waals surface area contributed by atoms with E-state index in [0.29, 0.717) is 37.3 Å². The van der Waals surface area contributed by atoms with E-state index in [1.807, 2.05) is 13.8 Å². The number of alkyl halides is 3. The Bertz CT molecular complexity index is 1310. The second kappa shape index (κ2) is 11.5. The van der Waals surface area contributed by atoms with Gasteiger partial charge >= 0.3 is 6.18 Å². The smallest absolute Gasteiger partial charge is 0.336 e. The lowest BCUT2D eigenvalue weighted by Gasteiger charge is -2.32. The molecular formula is C29H29F4N3O3. The molecule has 0 radical (unpaired) electrons. The lowest BCUT2D eigenvalue weighted by molar-refractivity contribution is -0.384. The van der Waals surface area contributed by atoms with E-state index in [0.717, 1.165) is 11.6 Å². The molecule has 10 heteroatoms. The van der Waals surface area contributed by atoms with Gasteiger partial charge in [0.25, 0.3) is 11.6 Å². The molecule has 3 aromatic rings. The van der Waals surface area contributed by atoms with Crippen molar-refractivity contribution in [1.82, 2.24) is 9.80 Å². The molecule has 1 aliphatic rings. The summed E-state index contributed by atoms with van der Waals surface area (Å²) < 4.78 is 53.9. The second-order valence-corrected chi connectivity index (χ2v) is 10.2. The summed E-state index contributed by atoms with van der Waals surface area (Å²) in [5.74, 6) is -1.20. The Hall–Kier alpha value is -3.79. The number of nitro groups is 1. The summed E-state index contributed by atoms with van der Waals surface area (Å²) in [7, 11) is 0. The van der Waals surface area contributed by atoms with E-state index in [1.54, 1.807) is 23.1 Å². The highest BCUT2D eigenvalue weighted by Gasteiger charge is 2.38. The maximum Gasteiger partial charge on any atom is 0.416 e. The Morgan fingerprint density at radius 1 is 1.05 bits per heavy atom. The third kappa shape index (κ3) is 6.81. The number of hydrogen-bond acceptors (Lipinski definition) is 4. The molecule has 2 atom stereocenters. The molecule has 4 rings (SSSR count). The number of hydrogen-bond donors (Lipinski definition) is 0. The molecular weight excluding hydrogens is 514 g/mol.